The molecule has 0 heterocycles. The van der Waals surface area contributed by atoms with E-state index in [9.17, 15) is 18.0 Å². The fraction of sp³-hybridized carbons (Fsp3) is 0.200. The van der Waals surface area contributed by atoms with Gasteiger partial charge in [-0.1, -0.05) is 0 Å². The number of hydrogen-bond acceptors (Lipinski definition) is 3. The van der Waals surface area contributed by atoms with Gasteiger partial charge in [0.1, 0.15) is 6.07 Å². The Morgan fingerprint density at radius 3 is 2.50 bits per heavy atom. The maximum Gasteiger partial charge on any atom is 0.446 e. The maximum absolute atomic E-state index is 12.3. The quantitative estimate of drug-likeness (QED) is 0.683. The highest BCUT2D eigenvalue weighted by Gasteiger charge is 2.31. The number of nitriles is 1. The van der Waals surface area contributed by atoms with Gasteiger partial charge < -0.3 is 5.11 Å². The lowest BCUT2D eigenvalue weighted by atomic mass is 10.1. The van der Waals surface area contributed by atoms with Gasteiger partial charge in [0.15, 0.2) is 0 Å². The van der Waals surface area contributed by atoms with Crippen molar-refractivity contribution >= 4 is 29.3 Å². The van der Waals surface area contributed by atoms with E-state index in [2.05, 4.69) is 0 Å². The number of hydrogen-bond donors (Lipinski definition) is 1. The highest BCUT2D eigenvalue weighted by molar-refractivity contribution is 8.00. The number of rotatable bonds is 3. The first kappa shape index (κ1) is 14.7. The SMILES string of the molecule is N#Cc1cc(CCl)c(C(=O)O)cc1SC(F)(F)F. The van der Waals surface area contributed by atoms with Crippen molar-refractivity contribution < 1.29 is 23.1 Å². The first-order valence-corrected chi connectivity index (χ1v) is 5.75. The summed E-state index contributed by atoms with van der Waals surface area (Å²) in [6, 6.07) is 3.46. The zero-order valence-corrected chi connectivity index (χ0v) is 10.2. The van der Waals surface area contributed by atoms with E-state index in [4.69, 9.17) is 22.0 Å². The molecule has 0 fully saturated rings. The van der Waals surface area contributed by atoms with Crippen LogP contribution in [-0.4, -0.2) is 16.6 Å². The summed E-state index contributed by atoms with van der Waals surface area (Å²) in [5.74, 6) is -1.59. The van der Waals surface area contributed by atoms with E-state index in [0.29, 0.717) is 0 Å². The molecule has 0 aliphatic rings. The van der Waals surface area contributed by atoms with Gasteiger partial charge in [-0.3, -0.25) is 0 Å². The van der Waals surface area contributed by atoms with Crippen molar-refractivity contribution in [2.24, 2.45) is 0 Å². The largest absolute Gasteiger partial charge is 0.478 e. The molecule has 1 aromatic carbocycles. The predicted octanol–water partition coefficient (Wildman–Crippen LogP) is 3.61. The summed E-state index contributed by atoms with van der Waals surface area (Å²) in [7, 11) is 0. The number of benzene rings is 1. The average Bonchev–Trinajstić information content (AvgIpc) is 2.26. The summed E-state index contributed by atoms with van der Waals surface area (Å²) in [5.41, 5.74) is -5.08. The van der Waals surface area contributed by atoms with E-state index < -0.39 is 28.1 Å². The minimum Gasteiger partial charge on any atom is -0.478 e. The Kier molecular flexibility index (Phi) is 4.48. The molecule has 3 nitrogen and oxygen atoms in total. The van der Waals surface area contributed by atoms with Gasteiger partial charge in [0.05, 0.1) is 11.1 Å². The molecule has 1 aromatic rings. The molecule has 0 atom stereocenters. The van der Waals surface area contributed by atoms with Gasteiger partial charge in [0, 0.05) is 10.8 Å². The van der Waals surface area contributed by atoms with Crippen molar-refractivity contribution in [2.75, 3.05) is 0 Å². The van der Waals surface area contributed by atoms with Crippen molar-refractivity contribution in [1.29, 1.82) is 5.26 Å². The molecular weight excluding hydrogens is 291 g/mol. The zero-order chi connectivity index (χ0) is 13.9. The fourth-order valence-electron chi connectivity index (χ4n) is 1.23. The summed E-state index contributed by atoms with van der Waals surface area (Å²) in [6.07, 6.45) is 0. The van der Waals surface area contributed by atoms with Crippen LogP contribution in [0.25, 0.3) is 0 Å². The van der Waals surface area contributed by atoms with Gasteiger partial charge >= 0.3 is 11.5 Å². The Hall–Kier alpha value is -1.39. The number of carboxylic acids is 1. The first-order chi connectivity index (χ1) is 8.28. The molecule has 0 aliphatic carbocycles. The Bertz CT molecular complexity index is 525. The molecule has 1 rings (SSSR count). The van der Waals surface area contributed by atoms with Crippen LogP contribution in [0.2, 0.25) is 0 Å². The standard InChI is InChI=1S/C10H5ClF3NO2S/c11-3-5-1-6(4-15)8(18-10(12,13)14)2-7(5)9(16)17/h1-2H,3H2,(H,16,17). The number of carbonyl (C=O) groups is 1. The lowest BCUT2D eigenvalue weighted by Gasteiger charge is -2.10. The second-order valence-corrected chi connectivity index (χ2v) is 4.48. The first-order valence-electron chi connectivity index (χ1n) is 4.40. The van der Waals surface area contributed by atoms with E-state index in [-0.39, 0.29) is 22.6 Å². The molecule has 96 valence electrons. The molecule has 0 aliphatic heterocycles. The predicted molar refractivity (Wildman–Crippen MR) is 59.6 cm³/mol. The Balaban J connectivity index is 3.38. The molecule has 0 spiro atoms. The van der Waals surface area contributed by atoms with E-state index in [1.54, 1.807) is 6.07 Å². The van der Waals surface area contributed by atoms with Gasteiger partial charge in [0.2, 0.25) is 0 Å². The number of carboxylic acid groups (broad SMARTS) is 1. The van der Waals surface area contributed by atoms with Crippen LogP contribution in [0.3, 0.4) is 0 Å². The third kappa shape index (κ3) is 3.55. The molecule has 18 heavy (non-hydrogen) atoms. The van der Waals surface area contributed by atoms with Crippen molar-refractivity contribution in [1.82, 2.24) is 0 Å². The van der Waals surface area contributed by atoms with Crippen LogP contribution in [-0.2, 0) is 5.88 Å². The van der Waals surface area contributed by atoms with Gasteiger partial charge in [-0.25, -0.2) is 4.79 Å². The number of alkyl halides is 4. The topological polar surface area (TPSA) is 61.1 Å². The minimum atomic E-state index is -4.59. The second kappa shape index (κ2) is 5.50. The van der Waals surface area contributed by atoms with Crippen LogP contribution in [0, 0.1) is 11.3 Å². The third-order valence-electron chi connectivity index (χ3n) is 1.93. The minimum absolute atomic E-state index is 0.104. The summed E-state index contributed by atoms with van der Waals surface area (Å²) >= 11 is 4.96. The Morgan fingerprint density at radius 1 is 1.50 bits per heavy atom. The van der Waals surface area contributed by atoms with Crippen LogP contribution in [0.1, 0.15) is 21.5 Å². The number of aromatic carboxylic acids is 1. The Labute approximate surface area is 109 Å². The Morgan fingerprint density at radius 2 is 2.11 bits per heavy atom. The molecule has 0 saturated carbocycles. The number of nitrogens with zero attached hydrogens (tertiary/aromatic N) is 1. The molecular formula is C10H5ClF3NO2S. The monoisotopic (exact) mass is 295 g/mol. The van der Waals surface area contributed by atoms with Crippen molar-refractivity contribution in [3.05, 3.63) is 28.8 Å². The maximum atomic E-state index is 12.3. The van der Waals surface area contributed by atoms with Crippen molar-refractivity contribution in [3.8, 4) is 6.07 Å². The van der Waals surface area contributed by atoms with E-state index in [0.717, 1.165) is 12.1 Å². The molecule has 0 radical (unpaired) electrons. The normalized spacial score (nSPS) is 11.1. The lowest BCUT2D eigenvalue weighted by molar-refractivity contribution is -0.0328. The average molecular weight is 296 g/mol. The van der Waals surface area contributed by atoms with Crippen molar-refractivity contribution in [2.45, 2.75) is 16.3 Å². The number of thioether (sulfide) groups is 1. The molecule has 1 N–H and O–H groups in total. The van der Waals surface area contributed by atoms with Gasteiger partial charge in [-0.2, -0.15) is 18.4 Å². The zero-order valence-electron chi connectivity index (χ0n) is 8.58. The summed E-state index contributed by atoms with van der Waals surface area (Å²) < 4.78 is 36.8. The summed E-state index contributed by atoms with van der Waals surface area (Å²) in [5, 5.41) is 17.6. The molecule has 0 aromatic heterocycles. The van der Waals surface area contributed by atoms with Crippen molar-refractivity contribution in [3.63, 3.8) is 0 Å². The molecule has 8 heteroatoms. The molecule has 0 amide bonds. The molecule has 0 saturated heterocycles. The highest BCUT2D eigenvalue weighted by atomic mass is 35.5. The smallest absolute Gasteiger partial charge is 0.446 e. The van der Waals surface area contributed by atoms with Crippen LogP contribution < -0.4 is 0 Å². The van der Waals surface area contributed by atoms with Crippen LogP contribution in [0.4, 0.5) is 13.2 Å². The third-order valence-corrected chi connectivity index (χ3v) is 3.00. The highest BCUT2D eigenvalue weighted by Crippen LogP contribution is 2.39. The van der Waals surface area contributed by atoms with E-state index in [1.807, 2.05) is 0 Å². The van der Waals surface area contributed by atoms with Gasteiger partial charge in [0.25, 0.3) is 0 Å². The van der Waals surface area contributed by atoms with E-state index >= 15 is 0 Å². The summed E-state index contributed by atoms with van der Waals surface area (Å²) in [4.78, 5) is 10.4. The molecule has 0 bridgehead atoms. The van der Waals surface area contributed by atoms with Gasteiger partial charge in [-0.15, -0.1) is 11.6 Å². The number of halogens is 4. The van der Waals surface area contributed by atoms with Gasteiger partial charge in [-0.05, 0) is 29.5 Å². The molecule has 0 unspecified atom stereocenters. The van der Waals surface area contributed by atoms with Crippen LogP contribution >= 0.6 is 23.4 Å². The fourth-order valence-corrected chi connectivity index (χ4v) is 2.09. The van der Waals surface area contributed by atoms with Crippen LogP contribution in [0.5, 0.6) is 0 Å². The van der Waals surface area contributed by atoms with E-state index in [1.165, 1.54) is 0 Å². The van der Waals surface area contributed by atoms with Crippen LogP contribution in [0.15, 0.2) is 17.0 Å². The summed E-state index contributed by atoms with van der Waals surface area (Å²) in [6.45, 7) is 0. The second-order valence-electron chi connectivity index (χ2n) is 3.10. The lowest BCUT2D eigenvalue weighted by Crippen LogP contribution is -2.05.